The Bertz CT molecular complexity index is 514. The van der Waals surface area contributed by atoms with Gasteiger partial charge < -0.3 is 4.98 Å². The maximum absolute atomic E-state index is 13.0. The van der Waals surface area contributed by atoms with Crippen molar-refractivity contribution >= 4 is 17.2 Å². The van der Waals surface area contributed by atoms with E-state index in [-0.39, 0.29) is 11.7 Å². The molecule has 1 aromatic carbocycles. The van der Waals surface area contributed by atoms with Crippen molar-refractivity contribution in [1.29, 1.82) is 0 Å². The van der Waals surface area contributed by atoms with Gasteiger partial charge in [-0.25, -0.2) is 4.39 Å². The summed E-state index contributed by atoms with van der Waals surface area (Å²) in [5.41, 5.74) is 2.19. The molecule has 1 aromatic heterocycles. The van der Waals surface area contributed by atoms with Gasteiger partial charge in [0, 0.05) is 22.2 Å². The van der Waals surface area contributed by atoms with Crippen LogP contribution in [0.15, 0.2) is 18.2 Å². The number of aromatic amines is 1. The molecule has 15 heavy (non-hydrogen) atoms. The van der Waals surface area contributed by atoms with Gasteiger partial charge in [-0.2, -0.15) is 0 Å². The Morgan fingerprint density at radius 2 is 2.13 bits per heavy atom. The highest BCUT2D eigenvalue weighted by Crippen LogP contribution is 2.26. The van der Waals surface area contributed by atoms with Gasteiger partial charge in [0.05, 0.1) is 0 Å². The zero-order chi connectivity index (χ0) is 11.0. The summed E-state index contributed by atoms with van der Waals surface area (Å²) in [5, 5.41) is 0.787. The van der Waals surface area contributed by atoms with Gasteiger partial charge in [0.2, 0.25) is 0 Å². The van der Waals surface area contributed by atoms with E-state index in [1.54, 1.807) is 6.07 Å². The molecule has 2 rings (SSSR count). The molecule has 78 valence electrons. The Balaban J connectivity index is 2.78. The first kappa shape index (κ1) is 9.90. The monoisotopic (exact) mass is 205 g/mol. The van der Waals surface area contributed by atoms with Crippen molar-refractivity contribution < 1.29 is 9.18 Å². The number of aldehydes is 1. The van der Waals surface area contributed by atoms with Crippen LogP contribution < -0.4 is 0 Å². The van der Waals surface area contributed by atoms with Gasteiger partial charge in [0.25, 0.3) is 0 Å². The van der Waals surface area contributed by atoms with E-state index in [1.165, 1.54) is 12.1 Å². The van der Waals surface area contributed by atoms with Crippen LogP contribution in [0.1, 0.15) is 35.8 Å². The number of carbonyl (C=O) groups excluding carboxylic acids is 1. The zero-order valence-electron chi connectivity index (χ0n) is 8.67. The minimum atomic E-state index is -0.295. The van der Waals surface area contributed by atoms with Crippen molar-refractivity contribution in [2.24, 2.45) is 0 Å². The molecule has 3 heteroatoms. The lowest BCUT2D eigenvalue weighted by Crippen LogP contribution is -1.92. The smallest absolute Gasteiger partial charge is 0.152 e. The first-order valence-corrected chi connectivity index (χ1v) is 4.89. The van der Waals surface area contributed by atoms with Crippen molar-refractivity contribution in [3.63, 3.8) is 0 Å². The second kappa shape index (κ2) is 3.50. The molecule has 1 N–H and O–H groups in total. The standard InChI is InChI=1S/C12H12FNO/c1-7(2)12-10(6-15)9-4-3-8(13)5-11(9)14-12/h3-7,14H,1-2H3. The molecule has 1 heterocycles. The summed E-state index contributed by atoms with van der Waals surface area (Å²) >= 11 is 0. The van der Waals surface area contributed by atoms with E-state index < -0.39 is 0 Å². The normalized spacial score (nSPS) is 11.2. The SMILES string of the molecule is CC(C)c1[nH]c2cc(F)ccc2c1C=O. The number of carbonyl (C=O) groups is 1. The lowest BCUT2D eigenvalue weighted by Gasteiger charge is -2.01. The summed E-state index contributed by atoms with van der Waals surface area (Å²) in [5.74, 6) is -0.0721. The third-order valence-electron chi connectivity index (χ3n) is 2.53. The van der Waals surface area contributed by atoms with E-state index in [0.717, 1.165) is 17.4 Å². The highest BCUT2D eigenvalue weighted by Gasteiger charge is 2.13. The van der Waals surface area contributed by atoms with Gasteiger partial charge in [-0.1, -0.05) is 13.8 Å². The summed E-state index contributed by atoms with van der Waals surface area (Å²) in [6, 6.07) is 4.41. The molecule has 0 radical (unpaired) electrons. The fraction of sp³-hybridized carbons (Fsp3) is 0.250. The van der Waals surface area contributed by atoms with Gasteiger partial charge in [-0.15, -0.1) is 0 Å². The molecule has 0 saturated heterocycles. The minimum Gasteiger partial charge on any atom is -0.357 e. The fourth-order valence-corrected chi connectivity index (χ4v) is 1.79. The molecule has 0 aliphatic carbocycles. The van der Waals surface area contributed by atoms with E-state index in [1.807, 2.05) is 13.8 Å². The Morgan fingerprint density at radius 1 is 1.40 bits per heavy atom. The van der Waals surface area contributed by atoms with E-state index in [9.17, 15) is 9.18 Å². The third-order valence-corrected chi connectivity index (χ3v) is 2.53. The molecule has 0 aliphatic rings. The molecule has 0 unspecified atom stereocenters. The van der Waals surface area contributed by atoms with Crippen molar-refractivity contribution in [1.82, 2.24) is 4.98 Å². The van der Waals surface area contributed by atoms with E-state index in [0.29, 0.717) is 11.1 Å². The van der Waals surface area contributed by atoms with E-state index in [4.69, 9.17) is 0 Å². The highest BCUT2D eigenvalue weighted by atomic mass is 19.1. The maximum atomic E-state index is 13.0. The Morgan fingerprint density at radius 3 is 2.73 bits per heavy atom. The summed E-state index contributed by atoms with van der Waals surface area (Å²) in [4.78, 5) is 14.1. The quantitative estimate of drug-likeness (QED) is 0.750. The van der Waals surface area contributed by atoms with Crippen LogP contribution in [0.3, 0.4) is 0 Å². The molecule has 0 saturated carbocycles. The zero-order valence-corrected chi connectivity index (χ0v) is 8.67. The molecule has 0 spiro atoms. The van der Waals surface area contributed by atoms with Crippen LogP contribution in [-0.4, -0.2) is 11.3 Å². The van der Waals surface area contributed by atoms with Gasteiger partial charge in [-0.05, 0) is 24.1 Å². The second-order valence-electron chi connectivity index (χ2n) is 3.91. The topological polar surface area (TPSA) is 32.9 Å². The molecule has 0 aliphatic heterocycles. The number of halogens is 1. The predicted octanol–water partition coefficient (Wildman–Crippen LogP) is 3.24. The number of rotatable bonds is 2. The number of H-pyrrole nitrogens is 1. The van der Waals surface area contributed by atoms with Crippen LogP contribution in [0.4, 0.5) is 4.39 Å². The van der Waals surface area contributed by atoms with Crippen LogP contribution in [0.25, 0.3) is 10.9 Å². The van der Waals surface area contributed by atoms with Crippen LogP contribution in [-0.2, 0) is 0 Å². The van der Waals surface area contributed by atoms with Crippen LogP contribution in [0.2, 0.25) is 0 Å². The lowest BCUT2D eigenvalue weighted by atomic mass is 10.0. The average molecular weight is 205 g/mol. The van der Waals surface area contributed by atoms with Crippen molar-refractivity contribution in [2.45, 2.75) is 19.8 Å². The van der Waals surface area contributed by atoms with Crippen molar-refractivity contribution in [3.8, 4) is 0 Å². The molecule has 2 aromatic rings. The molecular weight excluding hydrogens is 193 g/mol. The lowest BCUT2D eigenvalue weighted by molar-refractivity contribution is 0.112. The number of nitrogens with one attached hydrogen (secondary N) is 1. The molecule has 0 bridgehead atoms. The summed E-state index contributed by atoms with van der Waals surface area (Å²) in [7, 11) is 0. The molecule has 0 atom stereocenters. The first-order valence-electron chi connectivity index (χ1n) is 4.89. The summed E-state index contributed by atoms with van der Waals surface area (Å²) in [6.45, 7) is 3.99. The summed E-state index contributed by atoms with van der Waals surface area (Å²) < 4.78 is 13.0. The minimum absolute atomic E-state index is 0.223. The Labute approximate surface area is 87.1 Å². The largest absolute Gasteiger partial charge is 0.357 e. The second-order valence-corrected chi connectivity index (χ2v) is 3.91. The van der Waals surface area contributed by atoms with Crippen LogP contribution >= 0.6 is 0 Å². The van der Waals surface area contributed by atoms with Crippen LogP contribution in [0, 0.1) is 5.82 Å². The van der Waals surface area contributed by atoms with Gasteiger partial charge >= 0.3 is 0 Å². The highest BCUT2D eigenvalue weighted by molar-refractivity contribution is 5.99. The molecule has 0 fully saturated rings. The molecular formula is C12H12FNO. The number of aromatic nitrogens is 1. The number of hydrogen-bond acceptors (Lipinski definition) is 1. The van der Waals surface area contributed by atoms with Crippen molar-refractivity contribution in [2.75, 3.05) is 0 Å². The fourth-order valence-electron chi connectivity index (χ4n) is 1.79. The van der Waals surface area contributed by atoms with Gasteiger partial charge in [-0.3, -0.25) is 4.79 Å². The molecule has 2 nitrogen and oxygen atoms in total. The predicted molar refractivity (Wildman–Crippen MR) is 57.7 cm³/mol. The van der Waals surface area contributed by atoms with Crippen LogP contribution in [0.5, 0.6) is 0 Å². The van der Waals surface area contributed by atoms with E-state index in [2.05, 4.69) is 4.98 Å². The maximum Gasteiger partial charge on any atom is 0.152 e. The average Bonchev–Trinajstić information content (AvgIpc) is 2.55. The number of hydrogen-bond donors (Lipinski definition) is 1. The number of fused-ring (bicyclic) bond motifs is 1. The van der Waals surface area contributed by atoms with Crippen molar-refractivity contribution in [3.05, 3.63) is 35.3 Å². The summed E-state index contributed by atoms with van der Waals surface area (Å²) in [6.07, 6.45) is 0.825. The Kier molecular flexibility index (Phi) is 2.31. The third kappa shape index (κ3) is 1.54. The van der Waals surface area contributed by atoms with Gasteiger partial charge in [0.15, 0.2) is 6.29 Å². The molecule has 0 amide bonds. The Hall–Kier alpha value is -1.64. The van der Waals surface area contributed by atoms with E-state index >= 15 is 0 Å². The first-order chi connectivity index (χ1) is 7.13. The van der Waals surface area contributed by atoms with Gasteiger partial charge in [0.1, 0.15) is 5.82 Å². The number of benzene rings is 1.